The summed E-state index contributed by atoms with van der Waals surface area (Å²) in [4.78, 5) is 2.38. The average molecular weight is 313 g/mol. The van der Waals surface area contributed by atoms with Crippen molar-refractivity contribution in [3.05, 3.63) is 34.3 Å². The highest BCUT2D eigenvalue weighted by molar-refractivity contribution is 9.10. The molecule has 0 heterocycles. The molecule has 0 fully saturated rings. The maximum atomic E-state index is 6.25. The van der Waals surface area contributed by atoms with Crippen molar-refractivity contribution in [2.45, 2.75) is 32.7 Å². The van der Waals surface area contributed by atoms with E-state index in [0.717, 1.165) is 29.9 Å². The van der Waals surface area contributed by atoms with Crippen LogP contribution in [0, 0.1) is 5.92 Å². The molecule has 0 bridgehead atoms. The fourth-order valence-electron chi connectivity index (χ4n) is 2.04. The Balaban J connectivity index is 2.42. The Hall–Kier alpha value is -0.380. The van der Waals surface area contributed by atoms with E-state index in [9.17, 15) is 0 Å². The van der Waals surface area contributed by atoms with E-state index in [1.165, 1.54) is 12.0 Å². The van der Waals surface area contributed by atoms with Crippen LogP contribution in [-0.2, 0) is 0 Å². The van der Waals surface area contributed by atoms with E-state index in [4.69, 9.17) is 5.73 Å². The van der Waals surface area contributed by atoms with Gasteiger partial charge in [0.2, 0.25) is 0 Å². The van der Waals surface area contributed by atoms with E-state index in [0.29, 0.717) is 0 Å². The van der Waals surface area contributed by atoms with Crippen LogP contribution < -0.4 is 5.73 Å². The summed E-state index contributed by atoms with van der Waals surface area (Å²) >= 11 is 3.56. The summed E-state index contributed by atoms with van der Waals surface area (Å²) in [6.45, 7) is 6.74. The zero-order valence-corrected chi connectivity index (χ0v) is 13.3. The van der Waals surface area contributed by atoms with Crippen LogP contribution in [0.2, 0.25) is 0 Å². The molecule has 0 saturated carbocycles. The number of benzene rings is 1. The van der Waals surface area contributed by atoms with Gasteiger partial charge in [-0.15, -0.1) is 0 Å². The normalized spacial score (nSPS) is 14.8. The first kappa shape index (κ1) is 15.7. The van der Waals surface area contributed by atoms with E-state index >= 15 is 0 Å². The van der Waals surface area contributed by atoms with Gasteiger partial charge in [0.15, 0.2) is 0 Å². The lowest BCUT2D eigenvalue weighted by atomic mass is 10.0. The fourth-order valence-corrected chi connectivity index (χ4v) is 2.62. The molecule has 0 spiro atoms. The highest BCUT2D eigenvalue weighted by Crippen LogP contribution is 2.23. The summed E-state index contributed by atoms with van der Waals surface area (Å²) < 4.78 is 1.11. The molecule has 0 amide bonds. The highest BCUT2D eigenvalue weighted by Gasteiger charge is 2.11. The van der Waals surface area contributed by atoms with Crippen LogP contribution in [0.5, 0.6) is 0 Å². The van der Waals surface area contributed by atoms with Crippen LogP contribution in [0.1, 0.15) is 38.3 Å². The summed E-state index contributed by atoms with van der Waals surface area (Å²) in [5.41, 5.74) is 7.45. The number of hydrogen-bond donors (Lipinski definition) is 1. The smallest absolute Gasteiger partial charge is 0.0318 e. The Bertz CT molecular complexity index is 354. The first-order valence-corrected chi connectivity index (χ1v) is 7.52. The largest absolute Gasteiger partial charge is 0.324 e. The van der Waals surface area contributed by atoms with Crippen LogP contribution in [0.4, 0.5) is 0 Å². The summed E-state index contributed by atoms with van der Waals surface area (Å²) in [6.07, 6.45) is 2.23. The third-order valence-corrected chi connectivity index (χ3v) is 4.17. The third-order valence-electron chi connectivity index (χ3n) is 3.45. The second kappa shape index (κ2) is 7.93. The Labute approximate surface area is 120 Å². The van der Waals surface area contributed by atoms with Crippen LogP contribution in [-0.4, -0.2) is 25.0 Å². The van der Waals surface area contributed by atoms with Crippen molar-refractivity contribution in [2.24, 2.45) is 11.7 Å². The first-order chi connectivity index (χ1) is 8.54. The van der Waals surface area contributed by atoms with Gasteiger partial charge in [-0.3, -0.25) is 0 Å². The Morgan fingerprint density at radius 1 is 1.33 bits per heavy atom. The quantitative estimate of drug-likeness (QED) is 0.829. The molecular weight excluding hydrogens is 288 g/mol. The van der Waals surface area contributed by atoms with Crippen molar-refractivity contribution < 1.29 is 0 Å². The molecule has 0 saturated heterocycles. The second-order valence-corrected chi connectivity index (χ2v) is 6.05. The van der Waals surface area contributed by atoms with Gasteiger partial charge in [0.25, 0.3) is 0 Å². The number of halogens is 1. The van der Waals surface area contributed by atoms with Crippen LogP contribution >= 0.6 is 15.9 Å². The van der Waals surface area contributed by atoms with Crippen LogP contribution in [0.15, 0.2) is 28.7 Å². The molecule has 1 aromatic rings. The predicted octanol–water partition coefficient (Wildman–Crippen LogP) is 3.82. The molecule has 2 nitrogen and oxygen atoms in total. The van der Waals surface area contributed by atoms with Crippen LogP contribution in [0.25, 0.3) is 0 Å². The second-order valence-electron chi connectivity index (χ2n) is 5.19. The topological polar surface area (TPSA) is 29.3 Å². The number of nitrogens with zero attached hydrogens (tertiary/aromatic N) is 1. The summed E-state index contributed by atoms with van der Waals surface area (Å²) in [5.74, 6) is 0.759. The molecule has 18 heavy (non-hydrogen) atoms. The molecule has 2 atom stereocenters. The number of nitrogens with two attached hydrogens (primary N) is 1. The molecule has 0 radical (unpaired) electrons. The maximum absolute atomic E-state index is 6.25. The zero-order valence-electron chi connectivity index (χ0n) is 11.7. The van der Waals surface area contributed by atoms with Gasteiger partial charge in [-0.2, -0.15) is 0 Å². The molecule has 1 aromatic carbocycles. The van der Waals surface area contributed by atoms with E-state index in [2.05, 4.69) is 53.9 Å². The van der Waals surface area contributed by atoms with E-state index in [1.807, 2.05) is 12.1 Å². The average Bonchev–Trinajstić information content (AvgIpc) is 2.36. The van der Waals surface area contributed by atoms with E-state index in [1.54, 1.807) is 0 Å². The lowest BCUT2D eigenvalue weighted by Gasteiger charge is -2.22. The molecule has 0 aliphatic rings. The summed E-state index contributed by atoms with van der Waals surface area (Å²) in [5, 5.41) is 0. The highest BCUT2D eigenvalue weighted by atomic mass is 79.9. The van der Waals surface area contributed by atoms with Crippen molar-refractivity contribution in [2.75, 3.05) is 20.1 Å². The molecular formula is C15H25BrN2. The Morgan fingerprint density at radius 3 is 2.61 bits per heavy atom. The van der Waals surface area contributed by atoms with Gasteiger partial charge in [0.05, 0.1) is 0 Å². The molecule has 0 aliphatic heterocycles. The molecule has 3 heteroatoms. The molecule has 102 valence electrons. The monoisotopic (exact) mass is 312 g/mol. The summed E-state index contributed by atoms with van der Waals surface area (Å²) in [6, 6.07) is 8.33. The fraction of sp³-hybridized carbons (Fsp3) is 0.600. The molecule has 1 rings (SSSR count). The standard InChI is InChI=1S/C15H25BrN2/c1-4-12(2)11-18(3)10-9-15(17)13-7-5-6-8-14(13)16/h5-8,12,15H,4,9-11,17H2,1-3H3. The van der Waals surface area contributed by atoms with E-state index < -0.39 is 0 Å². The minimum Gasteiger partial charge on any atom is -0.324 e. The van der Waals surface area contributed by atoms with Gasteiger partial charge >= 0.3 is 0 Å². The lowest BCUT2D eigenvalue weighted by molar-refractivity contribution is 0.272. The van der Waals surface area contributed by atoms with Crippen molar-refractivity contribution in [1.29, 1.82) is 0 Å². The number of rotatable bonds is 7. The maximum Gasteiger partial charge on any atom is 0.0318 e. The van der Waals surface area contributed by atoms with Gasteiger partial charge in [0.1, 0.15) is 0 Å². The summed E-state index contributed by atoms with van der Waals surface area (Å²) in [7, 11) is 2.18. The van der Waals surface area contributed by atoms with Gasteiger partial charge in [-0.25, -0.2) is 0 Å². The molecule has 0 aromatic heterocycles. The van der Waals surface area contributed by atoms with E-state index in [-0.39, 0.29) is 6.04 Å². The van der Waals surface area contributed by atoms with Crippen molar-refractivity contribution in [3.8, 4) is 0 Å². The minimum atomic E-state index is 0.111. The number of hydrogen-bond acceptors (Lipinski definition) is 2. The lowest BCUT2D eigenvalue weighted by Crippen LogP contribution is -2.27. The molecule has 2 unspecified atom stereocenters. The first-order valence-electron chi connectivity index (χ1n) is 6.73. The van der Waals surface area contributed by atoms with Gasteiger partial charge in [-0.1, -0.05) is 54.4 Å². The van der Waals surface area contributed by atoms with Crippen LogP contribution in [0.3, 0.4) is 0 Å². The van der Waals surface area contributed by atoms with Gasteiger partial charge in [-0.05, 0) is 37.6 Å². The Kier molecular flexibility index (Phi) is 6.90. The van der Waals surface area contributed by atoms with Crippen molar-refractivity contribution in [1.82, 2.24) is 4.90 Å². The molecule has 2 N–H and O–H groups in total. The van der Waals surface area contributed by atoms with Crippen molar-refractivity contribution in [3.63, 3.8) is 0 Å². The minimum absolute atomic E-state index is 0.111. The zero-order chi connectivity index (χ0) is 13.5. The Morgan fingerprint density at radius 2 is 2.00 bits per heavy atom. The SMILES string of the molecule is CCC(C)CN(C)CCC(N)c1ccccc1Br. The predicted molar refractivity (Wildman–Crippen MR) is 82.6 cm³/mol. The molecule has 0 aliphatic carbocycles. The third kappa shape index (κ3) is 5.09. The van der Waals surface area contributed by atoms with Crippen molar-refractivity contribution >= 4 is 15.9 Å². The van der Waals surface area contributed by atoms with Gasteiger partial charge in [0, 0.05) is 17.1 Å². The van der Waals surface area contributed by atoms with Gasteiger partial charge < -0.3 is 10.6 Å².